The molecule has 0 saturated heterocycles. The van der Waals surface area contributed by atoms with Crippen molar-refractivity contribution in [2.45, 2.75) is 51.4 Å². The Bertz CT molecular complexity index is 3850. The van der Waals surface area contributed by atoms with Crippen molar-refractivity contribution in [2.75, 3.05) is 0 Å². The third-order valence-electron chi connectivity index (χ3n) is 14.0. The Hall–Kier alpha value is -7.57. The summed E-state index contributed by atoms with van der Waals surface area (Å²) in [6.45, 7) is 9.70. The Morgan fingerprint density at radius 3 is 2.02 bits per heavy atom. The summed E-state index contributed by atoms with van der Waals surface area (Å²) in [6, 6.07) is 58.4. The van der Waals surface area contributed by atoms with E-state index in [1.807, 2.05) is 30.3 Å². The van der Waals surface area contributed by atoms with Crippen molar-refractivity contribution in [2.24, 2.45) is 0 Å². The zero-order chi connectivity index (χ0) is 42.2. The maximum absolute atomic E-state index is 6.59. The van der Waals surface area contributed by atoms with Gasteiger partial charge in [-0.25, -0.2) is 4.98 Å². The third kappa shape index (κ3) is 5.21. The summed E-state index contributed by atoms with van der Waals surface area (Å²) in [5.74, 6) is 1.70. The molecular formula is C57H43N5O. The van der Waals surface area contributed by atoms with Crippen LogP contribution in [-0.2, 0) is 10.8 Å². The van der Waals surface area contributed by atoms with Crippen molar-refractivity contribution in [1.29, 1.82) is 0 Å². The third-order valence-corrected chi connectivity index (χ3v) is 14.0. The van der Waals surface area contributed by atoms with E-state index in [0.717, 1.165) is 68.0 Å². The molecule has 0 atom stereocenters. The molecule has 0 unspecified atom stereocenters. The van der Waals surface area contributed by atoms with Gasteiger partial charge < -0.3 is 8.98 Å². The van der Waals surface area contributed by atoms with Gasteiger partial charge in [-0.15, -0.1) is 0 Å². The summed E-state index contributed by atoms with van der Waals surface area (Å²) in [5.41, 5.74) is 12.0. The van der Waals surface area contributed by atoms with Crippen LogP contribution in [0.3, 0.4) is 0 Å². The van der Waals surface area contributed by atoms with Crippen LogP contribution >= 0.6 is 0 Å². The number of hydrogen-bond donors (Lipinski definition) is 0. The van der Waals surface area contributed by atoms with Crippen LogP contribution in [0, 0.1) is 0 Å². The molecule has 0 aliphatic heterocycles. The average molecular weight is 814 g/mol. The van der Waals surface area contributed by atoms with Gasteiger partial charge in [-0.2, -0.15) is 9.97 Å². The van der Waals surface area contributed by atoms with Crippen LogP contribution in [0.15, 0.2) is 168 Å². The molecule has 1 aliphatic rings. The van der Waals surface area contributed by atoms with Crippen LogP contribution in [0.1, 0.15) is 51.7 Å². The summed E-state index contributed by atoms with van der Waals surface area (Å²) in [6.07, 6.45) is 2.28. The van der Waals surface area contributed by atoms with Crippen molar-refractivity contribution in [1.82, 2.24) is 24.1 Å². The van der Waals surface area contributed by atoms with Gasteiger partial charge in [0.05, 0.1) is 27.6 Å². The molecule has 1 aliphatic carbocycles. The lowest BCUT2D eigenvalue weighted by atomic mass is 9.62. The van der Waals surface area contributed by atoms with E-state index in [2.05, 4.69) is 170 Å². The highest BCUT2D eigenvalue weighted by atomic mass is 16.3. The monoisotopic (exact) mass is 813 g/mol. The Balaban J connectivity index is 1.19. The van der Waals surface area contributed by atoms with Crippen LogP contribution < -0.4 is 0 Å². The first-order valence-corrected chi connectivity index (χ1v) is 22.0. The SMILES string of the molecule is CC1(C)CCC(C)(C)c2c1ccc1c3cc4c(cc3n(-c3ccccc3)c21)c1c2ccccc2ccc1n4-c1nc(-c2ccccc2)nc(-c2cccc3c2oc2ccccc23)n1. The Kier molecular flexibility index (Phi) is 7.44. The van der Waals surface area contributed by atoms with Crippen molar-refractivity contribution >= 4 is 76.3 Å². The van der Waals surface area contributed by atoms with E-state index in [1.165, 1.54) is 49.1 Å². The molecule has 0 spiro atoms. The molecule has 8 aromatic carbocycles. The van der Waals surface area contributed by atoms with Gasteiger partial charge in [0, 0.05) is 43.6 Å². The highest BCUT2D eigenvalue weighted by Crippen LogP contribution is 2.51. The molecule has 63 heavy (non-hydrogen) atoms. The van der Waals surface area contributed by atoms with E-state index in [9.17, 15) is 0 Å². The molecule has 12 aromatic rings. The first-order valence-electron chi connectivity index (χ1n) is 22.0. The second-order valence-electron chi connectivity index (χ2n) is 18.7. The molecule has 0 fully saturated rings. The summed E-state index contributed by atoms with van der Waals surface area (Å²) in [5, 5.41) is 9.22. The molecule has 302 valence electrons. The molecule has 0 amide bonds. The molecule has 0 saturated carbocycles. The van der Waals surface area contributed by atoms with E-state index in [1.54, 1.807) is 0 Å². The number of furan rings is 1. The minimum absolute atomic E-state index is 0.0132. The maximum atomic E-state index is 6.59. The van der Waals surface area contributed by atoms with E-state index < -0.39 is 0 Å². The van der Waals surface area contributed by atoms with Crippen molar-refractivity contribution in [3.63, 3.8) is 0 Å². The molecule has 4 heterocycles. The van der Waals surface area contributed by atoms with E-state index in [0.29, 0.717) is 17.6 Å². The van der Waals surface area contributed by atoms with Gasteiger partial charge >= 0.3 is 0 Å². The van der Waals surface area contributed by atoms with Crippen LogP contribution in [-0.4, -0.2) is 24.1 Å². The second kappa shape index (κ2) is 13.0. The number of nitrogens with zero attached hydrogens (tertiary/aromatic N) is 5. The largest absolute Gasteiger partial charge is 0.455 e. The molecule has 0 N–H and O–H groups in total. The van der Waals surface area contributed by atoms with Gasteiger partial charge in [-0.05, 0) is 88.0 Å². The molecule has 4 aromatic heterocycles. The highest BCUT2D eigenvalue weighted by Gasteiger charge is 2.40. The smallest absolute Gasteiger partial charge is 0.238 e. The molecule has 0 bridgehead atoms. The molecule has 13 rings (SSSR count). The Labute approximate surface area is 364 Å². The van der Waals surface area contributed by atoms with Gasteiger partial charge in [0.25, 0.3) is 0 Å². The van der Waals surface area contributed by atoms with Crippen molar-refractivity contribution in [3.05, 3.63) is 175 Å². The first kappa shape index (κ1) is 36.1. The normalized spacial score (nSPS) is 14.8. The second-order valence-corrected chi connectivity index (χ2v) is 18.7. The summed E-state index contributed by atoms with van der Waals surface area (Å²) >= 11 is 0. The predicted octanol–water partition coefficient (Wildman–Crippen LogP) is 14.8. The first-order chi connectivity index (χ1) is 30.7. The fraction of sp³-hybridized carbons (Fsp3) is 0.140. The summed E-state index contributed by atoms with van der Waals surface area (Å²) < 4.78 is 11.4. The zero-order valence-electron chi connectivity index (χ0n) is 35.6. The van der Waals surface area contributed by atoms with Gasteiger partial charge in [-0.1, -0.05) is 149 Å². The average Bonchev–Trinajstić information content (AvgIpc) is 3.97. The van der Waals surface area contributed by atoms with Crippen LogP contribution in [0.4, 0.5) is 0 Å². The van der Waals surface area contributed by atoms with E-state index in [4.69, 9.17) is 19.4 Å². The quantitative estimate of drug-likeness (QED) is 0.178. The zero-order valence-corrected chi connectivity index (χ0v) is 35.6. The maximum Gasteiger partial charge on any atom is 0.238 e. The lowest BCUT2D eigenvalue weighted by Crippen LogP contribution is -2.34. The van der Waals surface area contributed by atoms with E-state index in [-0.39, 0.29) is 10.8 Å². The number of rotatable bonds is 4. The van der Waals surface area contributed by atoms with Crippen LogP contribution in [0.5, 0.6) is 0 Å². The Morgan fingerprint density at radius 2 is 1.17 bits per heavy atom. The van der Waals surface area contributed by atoms with Crippen molar-refractivity contribution in [3.8, 4) is 34.4 Å². The molecular weight excluding hydrogens is 771 g/mol. The van der Waals surface area contributed by atoms with E-state index >= 15 is 0 Å². The number of benzene rings is 8. The van der Waals surface area contributed by atoms with Gasteiger partial charge in [0.15, 0.2) is 11.6 Å². The van der Waals surface area contributed by atoms with Crippen LogP contribution in [0.2, 0.25) is 0 Å². The fourth-order valence-electron chi connectivity index (χ4n) is 10.8. The minimum atomic E-state index is -0.0132. The number of fused-ring (bicyclic) bond motifs is 13. The minimum Gasteiger partial charge on any atom is -0.455 e. The van der Waals surface area contributed by atoms with Crippen LogP contribution in [0.25, 0.3) is 111 Å². The van der Waals surface area contributed by atoms with Gasteiger partial charge in [0.1, 0.15) is 11.2 Å². The molecule has 6 nitrogen and oxygen atoms in total. The fourth-order valence-corrected chi connectivity index (χ4v) is 10.8. The summed E-state index contributed by atoms with van der Waals surface area (Å²) in [7, 11) is 0. The molecule has 6 heteroatoms. The highest BCUT2D eigenvalue weighted by molar-refractivity contribution is 6.25. The lowest BCUT2D eigenvalue weighted by molar-refractivity contribution is 0.334. The predicted molar refractivity (Wildman–Crippen MR) is 259 cm³/mol. The number of aromatic nitrogens is 5. The topological polar surface area (TPSA) is 61.7 Å². The lowest BCUT2D eigenvalue weighted by Gasteiger charge is -2.42. The Morgan fingerprint density at radius 1 is 0.492 bits per heavy atom. The number of hydrogen-bond acceptors (Lipinski definition) is 4. The number of para-hydroxylation sites is 3. The molecule has 0 radical (unpaired) electrons. The standard InChI is InChI=1S/C57H43N5O/c1-56(2)30-31-57(3,4)50-44(56)28-27-39-42-32-47-43(33-46(42)61(51(39)50)36-19-9-6-10-20-36)49-37-21-12-11-16-34(37)26-29-45(49)62(47)55-59-53(35-17-7-5-8-18-35)58-54(60-55)41-24-15-23-40-38-22-13-14-25-48(38)63-52(40)41/h5-29,32-33H,30-31H2,1-4H3. The van der Waals surface area contributed by atoms with Gasteiger partial charge in [-0.3, -0.25) is 4.57 Å². The van der Waals surface area contributed by atoms with Gasteiger partial charge in [0.2, 0.25) is 5.95 Å². The summed E-state index contributed by atoms with van der Waals surface area (Å²) in [4.78, 5) is 16.0. The van der Waals surface area contributed by atoms with Crippen molar-refractivity contribution < 1.29 is 4.42 Å².